The molecule has 2 aliphatic rings. The van der Waals surface area contributed by atoms with Crippen molar-refractivity contribution in [2.24, 2.45) is 5.92 Å². The molecule has 2 aromatic heterocycles. The second-order valence-electron chi connectivity index (χ2n) is 10.6. The smallest absolute Gasteiger partial charge is 0.253 e. The van der Waals surface area contributed by atoms with Crippen molar-refractivity contribution in [3.05, 3.63) is 90.9 Å². The van der Waals surface area contributed by atoms with E-state index >= 15 is 0 Å². The molecule has 1 atom stereocenters. The molecule has 2 saturated heterocycles. The van der Waals surface area contributed by atoms with Crippen LogP contribution in [-0.4, -0.2) is 75.0 Å². The van der Waals surface area contributed by atoms with E-state index in [9.17, 15) is 10.1 Å². The molecule has 1 amide bonds. The molecule has 2 aromatic carbocycles. The Labute approximate surface area is 245 Å². The molecule has 214 valence electrons. The van der Waals surface area contributed by atoms with Crippen LogP contribution in [-0.2, 0) is 4.74 Å². The molecule has 0 radical (unpaired) electrons. The number of benzene rings is 2. The average Bonchev–Trinajstić information content (AvgIpc) is 3.55. The molecule has 0 bridgehead atoms. The van der Waals surface area contributed by atoms with Crippen LogP contribution in [0.25, 0.3) is 11.3 Å². The number of nitriles is 1. The van der Waals surface area contributed by atoms with Crippen molar-refractivity contribution in [1.82, 2.24) is 29.7 Å². The van der Waals surface area contributed by atoms with E-state index in [0.717, 1.165) is 42.9 Å². The molecule has 0 N–H and O–H groups in total. The standard InChI is InChI=1S/C32H34N8O2/c33-15-11-30(25-13-17-37(18-14-25)31(41)26-7-3-1-4-8-26)39-24-27(23-35-39)29-12-16-34-32(36-29)40(28-9-5-2-6-10-28)38-19-21-42-22-20-38/h1-10,12,16,23-25,30H,11,13-14,17-22H2. The van der Waals surface area contributed by atoms with Crippen molar-refractivity contribution in [3.63, 3.8) is 0 Å². The lowest BCUT2D eigenvalue weighted by atomic mass is 9.87. The summed E-state index contributed by atoms with van der Waals surface area (Å²) < 4.78 is 7.50. The van der Waals surface area contributed by atoms with Crippen LogP contribution >= 0.6 is 0 Å². The number of para-hydroxylation sites is 1. The number of likely N-dealkylation sites (tertiary alicyclic amines) is 1. The highest BCUT2D eigenvalue weighted by Crippen LogP contribution is 2.33. The highest BCUT2D eigenvalue weighted by Gasteiger charge is 2.31. The monoisotopic (exact) mass is 562 g/mol. The zero-order valence-electron chi connectivity index (χ0n) is 23.5. The van der Waals surface area contributed by atoms with E-state index in [1.165, 1.54) is 0 Å². The van der Waals surface area contributed by atoms with Gasteiger partial charge in [0, 0.05) is 49.7 Å². The molecule has 4 aromatic rings. The number of ether oxygens (including phenoxy) is 1. The minimum Gasteiger partial charge on any atom is -0.379 e. The van der Waals surface area contributed by atoms with Crippen LogP contribution in [0.15, 0.2) is 85.3 Å². The van der Waals surface area contributed by atoms with Crippen molar-refractivity contribution in [3.8, 4) is 17.3 Å². The fourth-order valence-electron chi connectivity index (χ4n) is 5.81. The van der Waals surface area contributed by atoms with Crippen molar-refractivity contribution in [1.29, 1.82) is 5.26 Å². The van der Waals surface area contributed by atoms with Crippen LogP contribution < -0.4 is 5.01 Å². The molecule has 6 rings (SSSR count). The summed E-state index contributed by atoms with van der Waals surface area (Å²) >= 11 is 0. The number of hydrazine groups is 1. The molecular weight excluding hydrogens is 528 g/mol. The molecule has 2 aliphatic heterocycles. The van der Waals surface area contributed by atoms with Crippen LogP contribution in [0, 0.1) is 17.2 Å². The molecule has 42 heavy (non-hydrogen) atoms. The first kappa shape index (κ1) is 27.6. The third kappa shape index (κ3) is 6.03. The lowest BCUT2D eigenvalue weighted by molar-refractivity contribution is 0.0371. The molecule has 1 unspecified atom stereocenters. The topological polar surface area (TPSA) is 103 Å². The van der Waals surface area contributed by atoms with Crippen LogP contribution in [0.2, 0.25) is 0 Å². The minimum absolute atomic E-state index is 0.0634. The second-order valence-corrected chi connectivity index (χ2v) is 10.6. The second kappa shape index (κ2) is 12.9. The van der Waals surface area contributed by atoms with Gasteiger partial charge in [-0.1, -0.05) is 36.4 Å². The molecule has 2 fully saturated rings. The molecule has 10 heteroatoms. The number of amides is 1. The molecule has 10 nitrogen and oxygen atoms in total. The van der Waals surface area contributed by atoms with Crippen molar-refractivity contribution in [2.45, 2.75) is 25.3 Å². The van der Waals surface area contributed by atoms with E-state index in [1.54, 1.807) is 6.20 Å². The maximum absolute atomic E-state index is 12.9. The highest BCUT2D eigenvalue weighted by molar-refractivity contribution is 5.94. The van der Waals surface area contributed by atoms with Crippen LogP contribution in [0.4, 0.5) is 11.6 Å². The van der Waals surface area contributed by atoms with E-state index in [4.69, 9.17) is 14.8 Å². The van der Waals surface area contributed by atoms with Crippen molar-refractivity contribution < 1.29 is 9.53 Å². The fraction of sp³-hybridized carbons (Fsp3) is 0.344. The number of aromatic nitrogens is 4. The summed E-state index contributed by atoms with van der Waals surface area (Å²) in [6.07, 6.45) is 7.57. The Kier molecular flexibility index (Phi) is 8.49. The lowest BCUT2D eigenvalue weighted by Gasteiger charge is -2.37. The SMILES string of the molecule is N#CCC(C1CCN(C(=O)c2ccccc2)CC1)n1cc(-c2ccnc(N(c3ccccc3)N3CCOCC3)n2)cn1. The van der Waals surface area contributed by atoms with Gasteiger partial charge in [0.05, 0.1) is 49.3 Å². The van der Waals surface area contributed by atoms with E-state index in [2.05, 4.69) is 33.2 Å². The van der Waals surface area contributed by atoms with E-state index in [1.807, 2.05) is 76.6 Å². The first-order valence-corrected chi connectivity index (χ1v) is 14.5. The normalized spacial score (nSPS) is 17.0. The summed E-state index contributed by atoms with van der Waals surface area (Å²) in [5.74, 6) is 0.888. The molecular formula is C32H34N8O2. The number of hydrogen-bond donors (Lipinski definition) is 0. The van der Waals surface area contributed by atoms with Crippen LogP contribution in [0.5, 0.6) is 0 Å². The van der Waals surface area contributed by atoms with Crippen LogP contribution in [0.1, 0.15) is 35.7 Å². The predicted octanol–water partition coefficient (Wildman–Crippen LogP) is 4.73. The third-order valence-electron chi connectivity index (χ3n) is 8.03. The predicted molar refractivity (Wildman–Crippen MR) is 159 cm³/mol. The Bertz CT molecular complexity index is 1510. The summed E-state index contributed by atoms with van der Waals surface area (Å²) in [7, 11) is 0. The Morgan fingerprint density at radius 2 is 1.71 bits per heavy atom. The fourth-order valence-corrected chi connectivity index (χ4v) is 5.81. The molecule has 4 heterocycles. The number of piperidine rings is 1. The lowest BCUT2D eigenvalue weighted by Crippen LogP contribution is -2.47. The van der Waals surface area contributed by atoms with Gasteiger partial charge in [-0.05, 0) is 49.1 Å². The zero-order chi connectivity index (χ0) is 28.7. The summed E-state index contributed by atoms with van der Waals surface area (Å²) in [5, 5.41) is 18.6. The third-order valence-corrected chi connectivity index (χ3v) is 8.03. The van der Waals surface area contributed by atoms with Gasteiger partial charge in [0.1, 0.15) is 0 Å². The number of nitrogens with zero attached hydrogens (tertiary/aromatic N) is 8. The molecule has 0 spiro atoms. The number of carbonyl (C=O) groups excluding carboxylic acids is 1. The first-order valence-electron chi connectivity index (χ1n) is 14.5. The Morgan fingerprint density at radius 3 is 2.43 bits per heavy atom. The summed E-state index contributed by atoms with van der Waals surface area (Å²) in [6, 6.07) is 23.7. The maximum Gasteiger partial charge on any atom is 0.253 e. The number of hydrogen-bond acceptors (Lipinski definition) is 8. The van der Waals surface area contributed by atoms with Gasteiger partial charge >= 0.3 is 0 Å². The summed E-state index contributed by atoms with van der Waals surface area (Å²) in [6.45, 7) is 4.12. The molecule has 0 saturated carbocycles. The van der Waals surface area contributed by atoms with Gasteiger partial charge in [0.2, 0.25) is 5.95 Å². The van der Waals surface area contributed by atoms with Gasteiger partial charge in [-0.25, -0.2) is 20.0 Å². The van der Waals surface area contributed by atoms with Crippen LogP contribution in [0.3, 0.4) is 0 Å². The Balaban J connectivity index is 1.20. The van der Waals surface area contributed by atoms with Gasteiger partial charge in [-0.3, -0.25) is 9.48 Å². The van der Waals surface area contributed by atoms with Gasteiger partial charge in [-0.2, -0.15) is 10.4 Å². The Hall–Kier alpha value is -4.59. The quantitative estimate of drug-likeness (QED) is 0.304. The van der Waals surface area contributed by atoms with Crippen molar-refractivity contribution in [2.75, 3.05) is 44.4 Å². The molecule has 0 aliphatic carbocycles. The largest absolute Gasteiger partial charge is 0.379 e. The average molecular weight is 563 g/mol. The summed E-state index contributed by atoms with van der Waals surface area (Å²) in [5.41, 5.74) is 3.33. The van der Waals surface area contributed by atoms with Gasteiger partial charge < -0.3 is 9.64 Å². The summed E-state index contributed by atoms with van der Waals surface area (Å²) in [4.78, 5) is 24.4. The number of anilines is 2. The first-order chi connectivity index (χ1) is 20.7. The van der Waals surface area contributed by atoms with Crippen molar-refractivity contribution >= 4 is 17.5 Å². The van der Waals surface area contributed by atoms with Gasteiger partial charge in [-0.15, -0.1) is 0 Å². The number of carbonyl (C=O) groups is 1. The van der Waals surface area contributed by atoms with E-state index in [0.29, 0.717) is 44.2 Å². The minimum atomic E-state index is -0.0757. The zero-order valence-corrected chi connectivity index (χ0v) is 23.5. The van der Waals surface area contributed by atoms with Gasteiger partial charge in [0.15, 0.2) is 0 Å². The van der Waals surface area contributed by atoms with E-state index < -0.39 is 0 Å². The number of rotatable bonds is 8. The van der Waals surface area contributed by atoms with Gasteiger partial charge in [0.25, 0.3) is 5.91 Å². The number of morpholine rings is 1. The Morgan fingerprint density at radius 1 is 1.00 bits per heavy atom. The van der Waals surface area contributed by atoms with E-state index in [-0.39, 0.29) is 17.9 Å². The maximum atomic E-state index is 12.9. The highest BCUT2D eigenvalue weighted by atomic mass is 16.5.